The molecule has 0 saturated heterocycles. The minimum atomic E-state index is -0.0183. The smallest absolute Gasteiger partial charge is 0.251 e. The molecule has 1 aromatic heterocycles. The molecule has 19 heavy (non-hydrogen) atoms. The topological polar surface area (TPSA) is 32.9 Å². The number of aromatic amines is 1. The van der Waals surface area contributed by atoms with Crippen molar-refractivity contribution >= 4 is 10.9 Å². The zero-order valence-electron chi connectivity index (χ0n) is 11.0. The van der Waals surface area contributed by atoms with Crippen molar-refractivity contribution in [1.82, 2.24) is 4.98 Å². The maximum Gasteiger partial charge on any atom is 0.251 e. The summed E-state index contributed by atoms with van der Waals surface area (Å²) in [5.74, 6) is 0. The molecule has 0 radical (unpaired) electrons. The monoisotopic (exact) mass is 249 g/mol. The van der Waals surface area contributed by atoms with Gasteiger partial charge in [0.1, 0.15) is 0 Å². The van der Waals surface area contributed by atoms with Gasteiger partial charge in [0.2, 0.25) is 0 Å². The number of H-pyrrole nitrogens is 1. The Bertz CT molecular complexity index is 801. The van der Waals surface area contributed by atoms with Crippen LogP contribution in [0.25, 0.3) is 22.0 Å². The van der Waals surface area contributed by atoms with Gasteiger partial charge in [0, 0.05) is 16.5 Å². The van der Waals surface area contributed by atoms with E-state index in [-0.39, 0.29) is 5.56 Å². The van der Waals surface area contributed by atoms with E-state index in [0.717, 1.165) is 27.6 Å². The number of fused-ring (bicyclic) bond motifs is 1. The van der Waals surface area contributed by atoms with Crippen molar-refractivity contribution in [2.45, 2.75) is 13.8 Å². The number of pyridine rings is 1. The summed E-state index contributed by atoms with van der Waals surface area (Å²) in [6.07, 6.45) is 0. The summed E-state index contributed by atoms with van der Waals surface area (Å²) in [6.45, 7) is 3.94. The molecule has 0 unspecified atom stereocenters. The Hall–Kier alpha value is -2.35. The van der Waals surface area contributed by atoms with Crippen LogP contribution in [-0.2, 0) is 0 Å². The summed E-state index contributed by atoms with van der Waals surface area (Å²) < 4.78 is 0. The first-order valence-corrected chi connectivity index (χ1v) is 6.35. The van der Waals surface area contributed by atoms with E-state index in [0.29, 0.717) is 0 Å². The second-order valence-electron chi connectivity index (χ2n) is 4.87. The third-order valence-electron chi connectivity index (χ3n) is 3.47. The van der Waals surface area contributed by atoms with E-state index in [2.05, 4.69) is 18.0 Å². The number of hydrogen-bond acceptors (Lipinski definition) is 1. The molecule has 0 atom stereocenters. The van der Waals surface area contributed by atoms with Crippen molar-refractivity contribution in [3.05, 3.63) is 70.0 Å². The van der Waals surface area contributed by atoms with Gasteiger partial charge >= 0.3 is 0 Å². The first kappa shape index (κ1) is 11.7. The first-order valence-electron chi connectivity index (χ1n) is 6.35. The van der Waals surface area contributed by atoms with Crippen molar-refractivity contribution in [1.29, 1.82) is 0 Å². The zero-order chi connectivity index (χ0) is 13.4. The summed E-state index contributed by atoms with van der Waals surface area (Å²) in [5, 5.41) is 1.10. The Morgan fingerprint density at radius 1 is 0.947 bits per heavy atom. The Labute approximate surface area is 111 Å². The minimum Gasteiger partial charge on any atom is -0.322 e. The van der Waals surface area contributed by atoms with Gasteiger partial charge in [0.05, 0.1) is 0 Å². The van der Waals surface area contributed by atoms with Gasteiger partial charge in [-0.05, 0) is 37.1 Å². The summed E-state index contributed by atoms with van der Waals surface area (Å²) in [4.78, 5) is 15.0. The van der Waals surface area contributed by atoms with Crippen LogP contribution >= 0.6 is 0 Å². The molecule has 0 spiro atoms. The summed E-state index contributed by atoms with van der Waals surface area (Å²) >= 11 is 0. The van der Waals surface area contributed by atoms with E-state index >= 15 is 0 Å². The van der Waals surface area contributed by atoms with Crippen molar-refractivity contribution < 1.29 is 0 Å². The zero-order valence-corrected chi connectivity index (χ0v) is 11.0. The molecule has 0 aliphatic heterocycles. The van der Waals surface area contributed by atoms with Crippen LogP contribution in [0.4, 0.5) is 0 Å². The van der Waals surface area contributed by atoms with Crippen LogP contribution in [0.5, 0.6) is 0 Å². The molecule has 2 heteroatoms. The highest BCUT2D eigenvalue weighted by atomic mass is 16.1. The van der Waals surface area contributed by atoms with Crippen LogP contribution in [0, 0.1) is 13.8 Å². The molecule has 0 saturated carbocycles. The molecule has 94 valence electrons. The van der Waals surface area contributed by atoms with Crippen molar-refractivity contribution in [3.63, 3.8) is 0 Å². The predicted molar refractivity (Wildman–Crippen MR) is 79.5 cm³/mol. The van der Waals surface area contributed by atoms with E-state index in [9.17, 15) is 4.79 Å². The highest BCUT2D eigenvalue weighted by Gasteiger charge is 2.10. The molecule has 0 aliphatic carbocycles. The molecule has 2 nitrogen and oxygen atoms in total. The lowest BCUT2D eigenvalue weighted by atomic mass is 9.96. The number of aromatic nitrogens is 1. The van der Waals surface area contributed by atoms with Gasteiger partial charge < -0.3 is 4.98 Å². The maximum absolute atomic E-state index is 12.1. The van der Waals surface area contributed by atoms with E-state index in [1.54, 1.807) is 0 Å². The van der Waals surface area contributed by atoms with Gasteiger partial charge in [-0.3, -0.25) is 4.79 Å². The summed E-state index contributed by atoms with van der Waals surface area (Å²) in [6, 6.07) is 16.2. The predicted octanol–water partition coefficient (Wildman–Crippen LogP) is 3.81. The number of rotatable bonds is 1. The van der Waals surface area contributed by atoms with E-state index in [4.69, 9.17) is 0 Å². The quantitative estimate of drug-likeness (QED) is 0.699. The van der Waals surface area contributed by atoms with Gasteiger partial charge in [-0.15, -0.1) is 0 Å². The fourth-order valence-electron chi connectivity index (χ4n) is 2.48. The van der Waals surface area contributed by atoms with Crippen LogP contribution in [0.3, 0.4) is 0 Å². The Morgan fingerprint density at radius 3 is 2.42 bits per heavy atom. The second-order valence-corrected chi connectivity index (χ2v) is 4.87. The highest BCUT2D eigenvalue weighted by molar-refractivity contribution is 5.96. The largest absolute Gasteiger partial charge is 0.322 e. The van der Waals surface area contributed by atoms with Crippen LogP contribution in [0.1, 0.15) is 11.1 Å². The lowest BCUT2D eigenvalue weighted by molar-refractivity contribution is 1.23. The molecule has 1 N–H and O–H groups in total. The molecular weight excluding hydrogens is 234 g/mol. The lowest BCUT2D eigenvalue weighted by Crippen LogP contribution is -2.11. The van der Waals surface area contributed by atoms with Crippen LogP contribution in [0.2, 0.25) is 0 Å². The van der Waals surface area contributed by atoms with Gasteiger partial charge in [-0.1, -0.05) is 42.0 Å². The van der Waals surface area contributed by atoms with Gasteiger partial charge in [-0.25, -0.2) is 0 Å². The molecule has 3 aromatic rings. The van der Waals surface area contributed by atoms with Gasteiger partial charge in [0.25, 0.3) is 5.56 Å². The van der Waals surface area contributed by atoms with Crippen molar-refractivity contribution in [2.75, 3.05) is 0 Å². The van der Waals surface area contributed by atoms with Crippen molar-refractivity contribution in [2.24, 2.45) is 0 Å². The Balaban J connectivity index is 2.48. The molecule has 1 heterocycles. The van der Waals surface area contributed by atoms with Crippen LogP contribution in [0.15, 0.2) is 53.3 Å². The highest BCUT2D eigenvalue weighted by Crippen LogP contribution is 2.29. The molecular formula is C17H15NO. The molecule has 2 aromatic carbocycles. The van der Waals surface area contributed by atoms with E-state index < -0.39 is 0 Å². The minimum absolute atomic E-state index is 0.0183. The third-order valence-corrected chi connectivity index (χ3v) is 3.47. The Morgan fingerprint density at radius 2 is 1.68 bits per heavy atom. The maximum atomic E-state index is 12.1. The average molecular weight is 249 g/mol. The fourth-order valence-corrected chi connectivity index (χ4v) is 2.48. The number of aryl methyl sites for hydroxylation is 1. The van der Waals surface area contributed by atoms with E-state index in [1.807, 2.05) is 49.4 Å². The molecule has 0 bridgehead atoms. The lowest BCUT2D eigenvalue weighted by Gasteiger charge is -2.10. The fraction of sp³-hybridized carbons (Fsp3) is 0.118. The number of benzene rings is 2. The number of nitrogens with one attached hydrogen (secondary N) is 1. The van der Waals surface area contributed by atoms with E-state index in [1.165, 1.54) is 5.56 Å². The van der Waals surface area contributed by atoms with Gasteiger partial charge in [-0.2, -0.15) is 0 Å². The SMILES string of the molecule is Cc1ccc2[nH]c(=O)c(C)c(-c3ccccc3)c2c1. The second kappa shape index (κ2) is 4.39. The van der Waals surface area contributed by atoms with Gasteiger partial charge in [0.15, 0.2) is 0 Å². The standard InChI is InChI=1S/C17H15NO/c1-11-8-9-15-14(10-11)16(12(2)17(19)18-15)13-6-4-3-5-7-13/h3-10H,1-2H3,(H,18,19). The average Bonchev–Trinajstić information content (AvgIpc) is 2.42. The third kappa shape index (κ3) is 1.95. The molecule has 3 rings (SSSR count). The molecule has 0 fully saturated rings. The molecule has 0 aliphatic rings. The van der Waals surface area contributed by atoms with Crippen LogP contribution in [-0.4, -0.2) is 4.98 Å². The van der Waals surface area contributed by atoms with Crippen molar-refractivity contribution in [3.8, 4) is 11.1 Å². The Kier molecular flexibility index (Phi) is 2.71. The first-order chi connectivity index (χ1) is 9.16. The molecule has 0 amide bonds. The normalized spacial score (nSPS) is 10.8. The summed E-state index contributed by atoms with van der Waals surface area (Å²) in [7, 11) is 0. The van der Waals surface area contributed by atoms with Crippen LogP contribution < -0.4 is 5.56 Å². The summed E-state index contributed by atoms with van der Waals surface area (Å²) in [5.41, 5.74) is 4.94. The number of hydrogen-bond donors (Lipinski definition) is 1.